The number of hydrogen-bond donors (Lipinski definition) is 1. The smallest absolute Gasteiger partial charge is 0.259 e. The Morgan fingerprint density at radius 2 is 2.08 bits per heavy atom. The second-order valence-electron chi connectivity index (χ2n) is 6.87. The van der Waals surface area contributed by atoms with Crippen molar-refractivity contribution in [1.82, 2.24) is 0 Å². The molecule has 1 N–H and O–H groups in total. The van der Waals surface area contributed by atoms with E-state index in [1.165, 1.54) is 6.42 Å². The first-order valence-corrected chi connectivity index (χ1v) is 9.21. The van der Waals surface area contributed by atoms with Gasteiger partial charge in [-0.2, -0.15) is 0 Å². The molecule has 1 atom stereocenters. The Hall–Kier alpha value is -2.11. The predicted octanol–water partition coefficient (Wildman–Crippen LogP) is 4.54. The monoisotopic (exact) mass is 357 g/mol. The molecule has 1 fully saturated rings. The molecule has 1 aliphatic rings. The van der Waals surface area contributed by atoms with Gasteiger partial charge in [-0.25, -0.2) is 0 Å². The standard InChI is InChI=1S/C21H27NO4/c1-14-15(2)26-16(3)20(14)21(23)22-18-8-6-7-17(11-18)12-24-13-19-9-4-5-10-25-19/h6-8,11,19H,4-5,9-10,12-13H2,1-3H3,(H,22,23)/t19-/m0/s1. The number of amides is 1. The van der Waals surface area contributed by atoms with E-state index < -0.39 is 0 Å². The summed E-state index contributed by atoms with van der Waals surface area (Å²) in [5.41, 5.74) is 3.27. The molecule has 1 amide bonds. The van der Waals surface area contributed by atoms with Crippen LogP contribution in [0, 0.1) is 20.8 Å². The van der Waals surface area contributed by atoms with E-state index in [2.05, 4.69) is 5.32 Å². The number of ether oxygens (including phenoxy) is 2. The molecule has 0 bridgehead atoms. The van der Waals surface area contributed by atoms with Crippen LogP contribution in [-0.2, 0) is 16.1 Å². The summed E-state index contributed by atoms with van der Waals surface area (Å²) in [7, 11) is 0. The summed E-state index contributed by atoms with van der Waals surface area (Å²) < 4.78 is 17.0. The highest BCUT2D eigenvalue weighted by Gasteiger charge is 2.18. The number of hydrogen-bond acceptors (Lipinski definition) is 4. The van der Waals surface area contributed by atoms with Crippen LogP contribution in [0.4, 0.5) is 5.69 Å². The number of rotatable bonds is 6. The van der Waals surface area contributed by atoms with Gasteiger partial charge in [-0.15, -0.1) is 0 Å². The number of aryl methyl sites for hydroxylation is 2. The Balaban J connectivity index is 1.57. The lowest BCUT2D eigenvalue weighted by Crippen LogP contribution is -2.24. The van der Waals surface area contributed by atoms with Crippen LogP contribution < -0.4 is 5.32 Å². The largest absolute Gasteiger partial charge is 0.466 e. The molecule has 1 aromatic heterocycles. The third kappa shape index (κ3) is 4.54. The van der Waals surface area contributed by atoms with Crippen molar-refractivity contribution in [2.45, 2.75) is 52.7 Å². The van der Waals surface area contributed by atoms with Crippen molar-refractivity contribution in [3.63, 3.8) is 0 Å². The molecule has 0 saturated carbocycles. The average Bonchev–Trinajstić information content (AvgIpc) is 2.88. The van der Waals surface area contributed by atoms with Gasteiger partial charge in [0, 0.05) is 17.9 Å². The first-order valence-electron chi connectivity index (χ1n) is 9.21. The summed E-state index contributed by atoms with van der Waals surface area (Å²) in [5.74, 6) is 1.27. The van der Waals surface area contributed by atoms with E-state index in [1.807, 2.05) is 45.0 Å². The number of carbonyl (C=O) groups is 1. The second-order valence-corrected chi connectivity index (χ2v) is 6.87. The lowest BCUT2D eigenvalue weighted by Gasteiger charge is -2.22. The first kappa shape index (κ1) is 18.7. The number of furan rings is 1. The van der Waals surface area contributed by atoms with Crippen LogP contribution in [0.25, 0.3) is 0 Å². The molecule has 0 aliphatic carbocycles. The van der Waals surface area contributed by atoms with E-state index in [1.54, 1.807) is 0 Å². The maximum absolute atomic E-state index is 12.6. The highest BCUT2D eigenvalue weighted by Crippen LogP contribution is 2.22. The van der Waals surface area contributed by atoms with Crippen molar-refractivity contribution in [3.8, 4) is 0 Å². The molecule has 140 valence electrons. The molecule has 1 saturated heterocycles. The Bertz CT molecular complexity index is 759. The number of nitrogens with one attached hydrogen (secondary N) is 1. The molecule has 1 aromatic carbocycles. The molecule has 26 heavy (non-hydrogen) atoms. The van der Waals surface area contributed by atoms with E-state index in [0.717, 1.165) is 42.0 Å². The fraction of sp³-hybridized carbons (Fsp3) is 0.476. The third-order valence-corrected chi connectivity index (χ3v) is 4.82. The quantitative estimate of drug-likeness (QED) is 0.824. The van der Waals surface area contributed by atoms with Crippen LogP contribution in [0.1, 0.15) is 52.3 Å². The SMILES string of the molecule is Cc1oc(C)c(C(=O)Nc2cccc(COC[C@@H]3CCCCO3)c2)c1C. The normalized spacial score (nSPS) is 17.3. The van der Waals surface area contributed by atoms with Gasteiger partial charge in [0.25, 0.3) is 5.91 Å². The minimum atomic E-state index is -0.148. The number of carbonyl (C=O) groups excluding carboxylic acids is 1. The zero-order chi connectivity index (χ0) is 18.5. The summed E-state index contributed by atoms with van der Waals surface area (Å²) >= 11 is 0. The molecule has 0 radical (unpaired) electrons. The molecule has 0 spiro atoms. The third-order valence-electron chi connectivity index (χ3n) is 4.82. The van der Waals surface area contributed by atoms with E-state index in [4.69, 9.17) is 13.9 Å². The van der Waals surface area contributed by atoms with Crippen LogP contribution in [0.3, 0.4) is 0 Å². The zero-order valence-corrected chi connectivity index (χ0v) is 15.8. The Labute approximate surface area is 154 Å². The molecular formula is C21H27NO4. The summed E-state index contributed by atoms with van der Waals surface area (Å²) in [4.78, 5) is 12.6. The van der Waals surface area contributed by atoms with Gasteiger partial charge in [-0.3, -0.25) is 4.79 Å². The predicted molar refractivity (Wildman–Crippen MR) is 101 cm³/mol. The van der Waals surface area contributed by atoms with Crippen molar-refractivity contribution >= 4 is 11.6 Å². The van der Waals surface area contributed by atoms with Gasteiger partial charge in [-0.05, 0) is 57.7 Å². The minimum absolute atomic E-state index is 0.148. The van der Waals surface area contributed by atoms with Crippen molar-refractivity contribution in [2.75, 3.05) is 18.5 Å². The van der Waals surface area contributed by atoms with Gasteiger partial charge >= 0.3 is 0 Å². The summed E-state index contributed by atoms with van der Waals surface area (Å²) in [5, 5.41) is 2.95. The maximum Gasteiger partial charge on any atom is 0.259 e. The highest BCUT2D eigenvalue weighted by molar-refractivity contribution is 6.06. The summed E-state index contributed by atoms with van der Waals surface area (Å²) in [6, 6.07) is 7.74. The van der Waals surface area contributed by atoms with E-state index in [9.17, 15) is 4.79 Å². The summed E-state index contributed by atoms with van der Waals surface area (Å²) in [6.45, 7) is 7.54. The zero-order valence-electron chi connectivity index (χ0n) is 15.8. The molecule has 2 heterocycles. The molecule has 1 aliphatic heterocycles. The minimum Gasteiger partial charge on any atom is -0.466 e. The molecular weight excluding hydrogens is 330 g/mol. The topological polar surface area (TPSA) is 60.7 Å². The van der Waals surface area contributed by atoms with E-state index in [0.29, 0.717) is 24.5 Å². The Kier molecular flexibility index (Phi) is 6.12. The van der Waals surface area contributed by atoms with Crippen molar-refractivity contribution in [1.29, 1.82) is 0 Å². The van der Waals surface area contributed by atoms with Gasteiger partial charge in [0.1, 0.15) is 11.5 Å². The van der Waals surface area contributed by atoms with Gasteiger partial charge in [0.2, 0.25) is 0 Å². The van der Waals surface area contributed by atoms with Gasteiger partial charge in [-0.1, -0.05) is 12.1 Å². The van der Waals surface area contributed by atoms with Crippen molar-refractivity contribution in [3.05, 3.63) is 52.5 Å². The van der Waals surface area contributed by atoms with Crippen molar-refractivity contribution in [2.24, 2.45) is 0 Å². The lowest BCUT2D eigenvalue weighted by molar-refractivity contribution is -0.0447. The second kappa shape index (κ2) is 8.52. The average molecular weight is 357 g/mol. The fourth-order valence-electron chi connectivity index (χ4n) is 3.31. The van der Waals surface area contributed by atoms with Crippen LogP contribution in [0.15, 0.2) is 28.7 Å². The van der Waals surface area contributed by atoms with Crippen LogP contribution in [0.2, 0.25) is 0 Å². The lowest BCUT2D eigenvalue weighted by atomic mass is 10.1. The molecule has 3 rings (SSSR count). The van der Waals surface area contributed by atoms with Gasteiger partial charge in [0.05, 0.1) is 24.9 Å². The van der Waals surface area contributed by atoms with Crippen LogP contribution >= 0.6 is 0 Å². The highest BCUT2D eigenvalue weighted by atomic mass is 16.5. The van der Waals surface area contributed by atoms with Gasteiger partial charge in [0.15, 0.2) is 0 Å². The Morgan fingerprint density at radius 3 is 2.77 bits per heavy atom. The maximum atomic E-state index is 12.6. The number of benzene rings is 1. The fourth-order valence-corrected chi connectivity index (χ4v) is 3.31. The Morgan fingerprint density at radius 1 is 1.23 bits per heavy atom. The molecule has 2 aromatic rings. The number of anilines is 1. The van der Waals surface area contributed by atoms with Gasteiger partial charge < -0.3 is 19.2 Å². The van der Waals surface area contributed by atoms with E-state index >= 15 is 0 Å². The molecule has 5 heteroatoms. The molecule has 0 unspecified atom stereocenters. The summed E-state index contributed by atoms with van der Waals surface area (Å²) in [6.07, 6.45) is 3.63. The van der Waals surface area contributed by atoms with Crippen LogP contribution in [0.5, 0.6) is 0 Å². The van der Waals surface area contributed by atoms with Crippen LogP contribution in [-0.4, -0.2) is 25.2 Å². The van der Waals surface area contributed by atoms with Crippen molar-refractivity contribution < 1.29 is 18.7 Å². The molecule has 5 nitrogen and oxygen atoms in total. The van der Waals surface area contributed by atoms with E-state index in [-0.39, 0.29) is 12.0 Å². The first-order chi connectivity index (χ1) is 12.5.